The zero-order chi connectivity index (χ0) is 14.9. The van der Waals surface area contributed by atoms with E-state index >= 15 is 0 Å². The molecule has 0 saturated carbocycles. The van der Waals surface area contributed by atoms with Gasteiger partial charge < -0.3 is 9.47 Å². The number of carbonyl (C=O) groups is 1. The van der Waals surface area contributed by atoms with E-state index in [-0.39, 0.29) is 5.97 Å². The van der Waals surface area contributed by atoms with E-state index in [4.69, 9.17) is 9.47 Å². The highest BCUT2D eigenvalue weighted by atomic mass is 16.5. The van der Waals surface area contributed by atoms with E-state index in [9.17, 15) is 4.79 Å². The zero-order valence-corrected chi connectivity index (χ0v) is 12.2. The second-order valence-electron chi connectivity index (χ2n) is 4.87. The van der Waals surface area contributed by atoms with Crippen molar-refractivity contribution in [1.29, 1.82) is 0 Å². The minimum absolute atomic E-state index is 0.265. The lowest BCUT2D eigenvalue weighted by Gasteiger charge is -2.07. The average molecular weight is 284 g/mol. The summed E-state index contributed by atoms with van der Waals surface area (Å²) in [6.07, 6.45) is 1.65. The number of unbranched alkanes of at least 4 members (excludes halogenated alkanes) is 1. The number of hydrogen-bond donors (Lipinski definition) is 0. The standard InChI is InChI=1S/C18H20O3/c1-15-9-11-16(12-10-15)18(19)21-14-6-5-13-20-17-7-3-2-4-8-17/h2-4,7-12H,5-6,13-14H2,1H3. The number of benzene rings is 2. The quantitative estimate of drug-likeness (QED) is 0.569. The fourth-order valence-electron chi connectivity index (χ4n) is 1.85. The van der Waals surface area contributed by atoms with Gasteiger partial charge in [0.15, 0.2) is 0 Å². The van der Waals surface area contributed by atoms with Gasteiger partial charge in [0, 0.05) is 0 Å². The molecule has 21 heavy (non-hydrogen) atoms. The number of para-hydroxylation sites is 1. The van der Waals surface area contributed by atoms with Crippen LogP contribution in [0, 0.1) is 6.92 Å². The molecular weight excluding hydrogens is 264 g/mol. The molecule has 0 atom stereocenters. The number of hydrogen-bond acceptors (Lipinski definition) is 3. The van der Waals surface area contributed by atoms with E-state index < -0.39 is 0 Å². The summed E-state index contributed by atoms with van der Waals surface area (Å²) in [5.74, 6) is 0.605. The van der Waals surface area contributed by atoms with Crippen LogP contribution in [-0.4, -0.2) is 19.2 Å². The van der Waals surface area contributed by atoms with Gasteiger partial charge in [-0.05, 0) is 44.0 Å². The molecule has 0 radical (unpaired) electrons. The predicted octanol–water partition coefficient (Wildman–Crippen LogP) is 4.01. The van der Waals surface area contributed by atoms with Crippen molar-refractivity contribution in [2.45, 2.75) is 19.8 Å². The van der Waals surface area contributed by atoms with Crippen LogP contribution in [0.15, 0.2) is 54.6 Å². The van der Waals surface area contributed by atoms with Crippen LogP contribution in [0.1, 0.15) is 28.8 Å². The van der Waals surface area contributed by atoms with Gasteiger partial charge in [0.25, 0.3) is 0 Å². The van der Waals surface area contributed by atoms with E-state index in [0.717, 1.165) is 24.2 Å². The van der Waals surface area contributed by atoms with Crippen LogP contribution in [-0.2, 0) is 4.74 Å². The van der Waals surface area contributed by atoms with E-state index in [2.05, 4.69) is 0 Å². The summed E-state index contributed by atoms with van der Waals surface area (Å²) in [4.78, 5) is 11.8. The van der Waals surface area contributed by atoms with Gasteiger partial charge in [0.05, 0.1) is 18.8 Å². The molecule has 0 aliphatic carbocycles. The highest BCUT2D eigenvalue weighted by Gasteiger charge is 2.05. The molecule has 2 aromatic rings. The van der Waals surface area contributed by atoms with Crippen molar-refractivity contribution in [2.75, 3.05) is 13.2 Å². The maximum absolute atomic E-state index is 11.8. The minimum Gasteiger partial charge on any atom is -0.494 e. The molecule has 0 saturated heterocycles. The lowest BCUT2D eigenvalue weighted by molar-refractivity contribution is 0.0494. The maximum atomic E-state index is 11.8. The third kappa shape index (κ3) is 5.30. The van der Waals surface area contributed by atoms with Crippen molar-refractivity contribution in [1.82, 2.24) is 0 Å². The molecule has 0 fully saturated rings. The first-order valence-electron chi connectivity index (χ1n) is 7.17. The van der Waals surface area contributed by atoms with Crippen LogP contribution < -0.4 is 4.74 Å². The molecule has 3 heteroatoms. The normalized spacial score (nSPS) is 10.1. The molecule has 0 aromatic heterocycles. The first-order chi connectivity index (χ1) is 10.3. The number of rotatable bonds is 7. The molecular formula is C18H20O3. The van der Waals surface area contributed by atoms with Crippen LogP contribution in [0.25, 0.3) is 0 Å². The SMILES string of the molecule is Cc1ccc(C(=O)OCCCCOc2ccccc2)cc1. The summed E-state index contributed by atoms with van der Waals surface area (Å²) in [6, 6.07) is 17.1. The first-order valence-corrected chi connectivity index (χ1v) is 7.17. The molecule has 0 amide bonds. The van der Waals surface area contributed by atoms with E-state index in [0.29, 0.717) is 18.8 Å². The third-order valence-corrected chi connectivity index (χ3v) is 3.07. The topological polar surface area (TPSA) is 35.5 Å². The second kappa shape index (κ2) is 8.10. The van der Waals surface area contributed by atoms with Gasteiger partial charge in [0.2, 0.25) is 0 Å². The Kier molecular flexibility index (Phi) is 5.83. The Hall–Kier alpha value is -2.29. The Bertz CT molecular complexity index is 546. The van der Waals surface area contributed by atoms with Gasteiger partial charge in [-0.15, -0.1) is 0 Å². The molecule has 0 spiro atoms. The van der Waals surface area contributed by atoms with Crippen molar-refractivity contribution in [2.24, 2.45) is 0 Å². The summed E-state index contributed by atoms with van der Waals surface area (Å²) in [6.45, 7) is 3.04. The van der Waals surface area contributed by atoms with Gasteiger partial charge in [-0.1, -0.05) is 35.9 Å². The zero-order valence-electron chi connectivity index (χ0n) is 12.2. The molecule has 0 unspecified atom stereocenters. The highest BCUT2D eigenvalue weighted by molar-refractivity contribution is 5.89. The monoisotopic (exact) mass is 284 g/mol. The van der Waals surface area contributed by atoms with Crippen LogP contribution in [0.5, 0.6) is 5.75 Å². The Morgan fingerprint density at radius 3 is 2.29 bits per heavy atom. The van der Waals surface area contributed by atoms with Crippen LogP contribution in [0.4, 0.5) is 0 Å². The lowest BCUT2D eigenvalue weighted by atomic mass is 10.1. The van der Waals surface area contributed by atoms with Crippen molar-refractivity contribution in [3.8, 4) is 5.75 Å². The number of aryl methyl sites for hydroxylation is 1. The summed E-state index contributed by atoms with van der Waals surface area (Å²) >= 11 is 0. The van der Waals surface area contributed by atoms with Crippen molar-refractivity contribution in [3.05, 3.63) is 65.7 Å². The number of ether oxygens (including phenoxy) is 2. The summed E-state index contributed by atoms with van der Waals surface area (Å²) in [5, 5.41) is 0. The van der Waals surface area contributed by atoms with Crippen LogP contribution in [0.3, 0.4) is 0 Å². The molecule has 0 aliphatic rings. The molecule has 2 rings (SSSR count). The van der Waals surface area contributed by atoms with Gasteiger partial charge in [-0.2, -0.15) is 0 Å². The van der Waals surface area contributed by atoms with Crippen molar-refractivity contribution >= 4 is 5.97 Å². The largest absolute Gasteiger partial charge is 0.494 e. The minimum atomic E-state index is -0.265. The Balaban J connectivity index is 1.59. The lowest BCUT2D eigenvalue weighted by Crippen LogP contribution is -2.07. The Morgan fingerprint density at radius 1 is 0.905 bits per heavy atom. The Labute approximate surface area is 125 Å². The molecule has 2 aromatic carbocycles. The molecule has 0 heterocycles. The Morgan fingerprint density at radius 2 is 1.57 bits per heavy atom. The fraction of sp³-hybridized carbons (Fsp3) is 0.278. The summed E-state index contributed by atoms with van der Waals surface area (Å²) in [7, 11) is 0. The smallest absolute Gasteiger partial charge is 0.338 e. The van der Waals surface area contributed by atoms with E-state index in [1.165, 1.54) is 0 Å². The van der Waals surface area contributed by atoms with Gasteiger partial charge in [-0.25, -0.2) is 4.79 Å². The highest BCUT2D eigenvalue weighted by Crippen LogP contribution is 2.09. The van der Waals surface area contributed by atoms with Crippen LogP contribution in [0.2, 0.25) is 0 Å². The van der Waals surface area contributed by atoms with Crippen LogP contribution >= 0.6 is 0 Å². The van der Waals surface area contributed by atoms with Crippen molar-refractivity contribution < 1.29 is 14.3 Å². The number of carbonyl (C=O) groups excluding carboxylic acids is 1. The van der Waals surface area contributed by atoms with E-state index in [1.807, 2.05) is 49.4 Å². The van der Waals surface area contributed by atoms with Crippen molar-refractivity contribution in [3.63, 3.8) is 0 Å². The van der Waals surface area contributed by atoms with Gasteiger partial charge in [0.1, 0.15) is 5.75 Å². The molecule has 0 bridgehead atoms. The predicted molar refractivity (Wildman–Crippen MR) is 82.6 cm³/mol. The van der Waals surface area contributed by atoms with E-state index in [1.54, 1.807) is 12.1 Å². The van der Waals surface area contributed by atoms with Gasteiger partial charge in [-0.3, -0.25) is 0 Å². The maximum Gasteiger partial charge on any atom is 0.338 e. The second-order valence-corrected chi connectivity index (χ2v) is 4.87. The summed E-state index contributed by atoms with van der Waals surface area (Å²) in [5.41, 5.74) is 1.73. The average Bonchev–Trinajstić information content (AvgIpc) is 2.52. The first kappa shape index (κ1) is 15.1. The number of esters is 1. The molecule has 0 aliphatic heterocycles. The molecule has 3 nitrogen and oxygen atoms in total. The third-order valence-electron chi connectivity index (χ3n) is 3.07. The molecule has 110 valence electrons. The molecule has 0 N–H and O–H groups in total. The van der Waals surface area contributed by atoms with Gasteiger partial charge >= 0.3 is 5.97 Å². The fourth-order valence-corrected chi connectivity index (χ4v) is 1.85. The summed E-state index contributed by atoms with van der Waals surface area (Å²) < 4.78 is 10.8.